The zero-order valence-corrected chi connectivity index (χ0v) is 23.7. The number of hydrogen-bond acceptors (Lipinski definition) is 9. The monoisotopic (exact) mass is 579 g/mol. The fourth-order valence-electron chi connectivity index (χ4n) is 4.38. The fraction of sp³-hybridized carbons (Fsp3) is 0.241. The predicted octanol–water partition coefficient (Wildman–Crippen LogP) is 6.18. The summed E-state index contributed by atoms with van der Waals surface area (Å²) in [6.45, 7) is 6.63. The van der Waals surface area contributed by atoms with Crippen molar-refractivity contribution in [2.24, 2.45) is 0 Å². The van der Waals surface area contributed by atoms with E-state index in [0.29, 0.717) is 68.7 Å². The van der Waals surface area contributed by atoms with Gasteiger partial charge in [-0.1, -0.05) is 48.0 Å². The number of para-hydroxylation sites is 1. The Balaban J connectivity index is 1.62. The molecule has 0 unspecified atom stereocenters. The molecule has 40 heavy (non-hydrogen) atoms. The van der Waals surface area contributed by atoms with Crippen LogP contribution in [-0.4, -0.2) is 54.2 Å². The van der Waals surface area contributed by atoms with Crippen molar-refractivity contribution in [1.29, 1.82) is 0 Å². The van der Waals surface area contributed by atoms with Crippen LogP contribution in [0, 0.1) is 6.92 Å². The van der Waals surface area contributed by atoms with Crippen LogP contribution in [0.25, 0.3) is 22.2 Å². The fourth-order valence-corrected chi connectivity index (χ4v) is 5.07. The third-order valence-electron chi connectivity index (χ3n) is 6.56. The van der Waals surface area contributed by atoms with Crippen molar-refractivity contribution >= 4 is 57.3 Å². The Hall–Kier alpha value is -3.92. The highest BCUT2D eigenvalue weighted by molar-refractivity contribution is 6.41. The number of hydrogen-bond donors (Lipinski definition) is 2. The zero-order chi connectivity index (χ0) is 28.4. The van der Waals surface area contributed by atoms with Crippen molar-refractivity contribution in [3.05, 3.63) is 70.4 Å². The molecule has 11 heteroatoms. The van der Waals surface area contributed by atoms with Crippen LogP contribution >= 0.6 is 23.2 Å². The Kier molecular flexibility index (Phi) is 8.07. The molecule has 206 valence electrons. The number of pyridine rings is 1. The molecule has 0 spiro atoms. The van der Waals surface area contributed by atoms with E-state index in [2.05, 4.69) is 22.2 Å². The van der Waals surface area contributed by atoms with Gasteiger partial charge in [0.15, 0.2) is 11.6 Å². The molecule has 1 fully saturated rings. The van der Waals surface area contributed by atoms with Gasteiger partial charge in [-0.25, -0.2) is 15.0 Å². The first kappa shape index (κ1) is 27.6. The molecule has 2 aromatic heterocycles. The molecule has 0 aliphatic carbocycles. The predicted molar refractivity (Wildman–Crippen MR) is 157 cm³/mol. The summed E-state index contributed by atoms with van der Waals surface area (Å²) < 4.78 is 16.2. The minimum absolute atomic E-state index is 0.0657. The lowest BCUT2D eigenvalue weighted by atomic mass is 10.0. The van der Waals surface area contributed by atoms with Gasteiger partial charge in [-0.2, -0.15) is 0 Å². The lowest BCUT2D eigenvalue weighted by Crippen LogP contribution is -2.40. The molecule has 0 saturated carbocycles. The smallest absolute Gasteiger partial charge is 0.227 e. The van der Waals surface area contributed by atoms with Crippen LogP contribution in [0.4, 0.5) is 17.5 Å². The normalized spacial score (nSPS) is 13.0. The van der Waals surface area contributed by atoms with Crippen LogP contribution in [0.15, 0.2) is 49.2 Å². The Morgan fingerprint density at radius 2 is 1.88 bits per heavy atom. The second kappa shape index (κ2) is 11.7. The average molecular weight is 580 g/mol. The molecule has 1 aliphatic heterocycles. The highest BCUT2D eigenvalue weighted by atomic mass is 35.5. The first-order chi connectivity index (χ1) is 19.3. The van der Waals surface area contributed by atoms with Gasteiger partial charge in [-0.3, -0.25) is 4.79 Å². The number of ketones is 1. The molecular weight excluding hydrogens is 553 g/mol. The van der Waals surface area contributed by atoms with Gasteiger partial charge < -0.3 is 24.8 Å². The summed E-state index contributed by atoms with van der Waals surface area (Å²) in [5.74, 6) is 1.61. The lowest BCUT2D eigenvalue weighted by molar-refractivity contribution is -0.114. The van der Waals surface area contributed by atoms with Crippen molar-refractivity contribution in [3.8, 4) is 22.8 Å². The summed E-state index contributed by atoms with van der Waals surface area (Å²) in [6, 6.07) is 9.27. The van der Waals surface area contributed by atoms with E-state index in [4.69, 9.17) is 47.4 Å². The number of rotatable bonds is 10. The van der Waals surface area contributed by atoms with Gasteiger partial charge in [-0.15, -0.1) is 0 Å². The molecule has 0 radical (unpaired) electrons. The number of halogens is 2. The van der Waals surface area contributed by atoms with Crippen LogP contribution < -0.4 is 20.1 Å². The first-order valence-electron chi connectivity index (χ1n) is 12.5. The summed E-state index contributed by atoms with van der Waals surface area (Å²) in [7, 11) is 3.04. The van der Waals surface area contributed by atoms with E-state index in [1.165, 1.54) is 20.3 Å². The summed E-state index contributed by atoms with van der Waals surface area (Å²) in [5, 5.41) is 8.03. The van der Waals surface area contributed by atoms with E-state index >= 15 is 0 Å². The number of aromatic nitrogens is 3. The Morgan fingerprint density at radius 1 is 1.15 bits per heavy atom. The number of carbonyl (C=O) groups excluding carboxylic acids is 1. The highest BCUT2D eigenvalue weighted by Crippen LogP contribution is 2.46. The summed E-state index contributed by atoms with van der Waals surface area (Å²) in [5.41, 5.74) is 4.10. The maximum Gasteiger partial charge on any atom is 0.227 e. The molecule has 0 amide bonds. The summed E-state index contributed by atoms with van der Waals surface area (Å²) in [6.07, 6.45) is 3.23. The minimum Gasteiger partial charge on any atom is -0.495 e. The van der Waals surface area contributed by atoms with Gasteiger partial charge in [-0.05, 0) is 30.2 Å². The zero-order valence-electron chi connectivity index (χ0n) is 22.2. The molecule has 5 rings (SSSR count). The average Bonchev–Trinajstić information content (AvgIpc) is 2.92. The van der Waals surface area contributed by atoms with E-state index in [-0.39, 0.29) is 18.2 Å². The topological polar surface area (TPSA) is 107 Å². The maximum atomic E-state index is 12.1. The standard InChI is InChI=1S/C29H27Cl2N5O4/c1-5-19(37)9-16-8-6-7-15(2)26(16)35-29-32-12-17-10-20(34-28(27(17)36-29)33-18-13-40-14-18)23-24(30)21(38-3)11-22(39-4)25(23)31/h5-8,10-12,18H,1,9,13-14H2,2-4H3,(H,33,34)(H,32,35,36). The Morgan fingerprint density at radius 3 is 2.50 bits per heavy atom. The molecule has 2 N–H and O–H groups in total. The van der Waals surface area contributed by atoms with Gasteiger partial charge in [0.05, 0.1) is 49.2 Å². The van der Waals surface area contributed by atoms with Crippen LogP contribution in [0.5, 0.6) is 11.5 Å². The highest BCUT2D eigenvalue weighted by Gasteiger charge is 2.24. The number of nitrogens with one attached hydrogen (secondary N) is 2. The largest absolute Gasteiger partial charge is 0.495 e. The van der Waals surface area contributed by atoms with E-state index in [9.17, 15) is 4.79 Å². The molecular formula is C29H27Cl2N5O4. The number of carbonyl (C=O) groups is 1. The van der Waals surface area contributed by atoms with Crippen LogP contribution in [0.1, 0.15) is 11.1 Å². The molecule has 4 aromatic rings. The van der Waals surface area contributed by atoms with Crippen LogP contribution in [0.3, 0.4) is 0 Å². The molecule has 3 heterocycles. The van der Waals surface area contributed by atoms with Crippen molar-refractivity contribution in [3.63, 3.8) is 0 Å². The molecule has 0 bridgehead atoms. The Bertz CT molecular complexity index is 1600. The SMILES string of the molecule is C=CC(=O)Cc1cccc(C)c1Nc1ncc2cc(-c3c(Cl)c(OC)cc(OC)c3Cl)nc(NC3COC3)c2n1. The molecule has 0 atom stereocenters. The Labute approximate surface area is 241 Å². The van der Waals surface area contributed by atoms with E-state index < -0.39 is 0 Å². The summed E-state index contributed by atoms with van der Waals surface area (Å²) in [4.78, 5) is 26.3. The second-order valence-electron chi connectivity index (χ2n) is 9.23. The van der Waals surface area contributed by atoms with Gasteiger partial charge >= 0.3 is 0 Å². The van der Waals surface area contributed by atoms with Gasteiger partial charge in [0.1, 0.15) is 17.0 Å². The molecule has 2 aromatic carbocycles. The van der Waals surface area contributed by atoms with Crippen molar-refractivity contribution in [2.45, 2.75) is 19.4 Å². The number of ether oxygens (including phenoxy) is 3. The van der Waals surface area contributed by atoms with E-state index in [0.717, 1.165) is 16.8 Å². The number of allylic oxidation sites excluding steroid dienone is 1. The number of fused-ring (bicyclic) bond motifs is 1. The number of anilines is 3. The second-order valence-corrected chi connectivity index (χ2v) is 9.99. The third kappa shape index (κ3) is 5.40. The summed E-state index contributed by atoms with van der Waals surface area (Å²) >= 11 is 13.4. The number of nitrogens with zero attached hydrogens (tertiary/aromatic N) is 3. The van der Waals surface area contributed by atoms with Gasteiger partial charge in [0, 0.05) is 35.3 Å². The third-order valence-corrected chi connectivity index (χ3v) is 7.31. The first-order valence-corrected chi connectivity index (χ1v) is 13.2. The van der Waals surface area contributed by atoms with E-state index in [1.54, 1.807) is 12.3 Å². The van der Waals surface area contributed by atoms with Crippen LogP contribution in [0.2, 0.25) is 10.0 Å². The lowest BCUT2D eigenvalue weighted by Gasteiger charge is -2.28. The minimum atomic E-state index is -0.0782. The van der Waals surface area contributed by atoms with E-state index in [1.807, 2.05) is 31.2 Å². The van der Waals surface area contributed by atoms with Crippen LogP contribution in [-0.2, 0) is 16.0 Å². The van der Waals surface area contributed by atoms with Crippen molar-refractivity contribution in [2.75, 3.05) is 38.1 Å². The number of methoxy groups -OCH3 is 2. The van der Waals surface area contributed by atoms with Gasteiger partial charge in [0.25, 0.3) is 0 Å². The molecule has 1 aliphatic rings. The molecule has 9 nitrogen and oxygen atoms in total. The molecule has 1 saturated heterocycles. The number of aryl methyl sites for hydroxylation is 1. The quantitative estimate of drug-likeness (QED) is 0.213. The van der Waals surface area contributed by atoms with Crippen molar-refractivity contribution < 1.29 is 19.0 Å². The van der Waals surface area contributed by atoms with Gasteiger partial charge in [0.2, 0.25) is 5.95 Å². The maximum absolute atomic E-state index is 12.1. The number of benzene rings is 2. The van der Waals surface area contributed by atoms with Crippen molar-refractivity contribution in [1.82, 2.24) is 15.0 Å².